The number of allylic oxidation sites excluding steroid dienone is 1. The van der Waals surface area contributed by atoms with E-state index >= 15 is 0 Å². The molecule has 1 N–H and O–H groups in total. The largest absolute Gasteiger partial charge is 0.458 e. The third-order valence-electron chi connectivity index (χ3n) is 6.10. The summed E-state index contributed by atoms with van der Waals surface area (Å²) in [5, 5.41) is 10.4. The normalized spacial score (nSPS) is 43.2. The van der Waals surface area contributed by atoms with Crippen molar-refractivity contribution in [2.24, 2.45) is 11.8 Å². The number of ether oxygens (including phenoxy) is 3. The van der Waals surface area contributed by atoms with Crippen LogP contribution in [0.15, 0.2) is 23.8 Å². The Morgan fingerprint density at radius 2 is 2.12 bits per heavy atom. The van der Waals surface area contributed by atoms with Gasteiger partial charge in [0.05, 0.1) is 23.7 Å². The average Bonchev–Trinajstić information content (AvgIpc) is 3.11. The van der Waals surface area contributed by atoms with Crippen molar-refractivity contribution in [1.29, 1.82) is 0 Å². The number of hydrogen-bond donors (Lipinski definition) is 1. The highest BCUT2D eigenvalue weighted by atomic mass is 16.6. The highest BCUT2D eigenvalue weighted by molar-refractivity contribution is 5.91. The van der Waals surface area contributed by atoms with Crippen LogP contribution in [0.1, 0.15) is 47.0 Å². The van der Waals surface area contributed by atoms with Crippen LogP contribution in [0.25, 0.3) is 0 Å². The third kappa shape index (κ3) is 3.45. The minimum Gasteiger partial charge on any atom is -0.458 e. The average molecular weight is 364 g/mol. The maximum Gasteiger partial charge on any atom is 0.334 e. The molecule has 6 nitrogen and oxygen atoms in total. The molecule has 2 saturated heterocycles. The molecule has 1 aliphatic carbocycles. The van der Waals surface area contributed by atoms with E-state index in [1.807, 2.05) is 13.8 Å². The van der Waals surface area contributed by atoms with Gasteiger partial charge in [-0.3, -0.25) is 0 Å². The summed E-state index contributed by atoms with van der Waals surface area (Å²) in [6.45, 7) is 11.2. The molecular weight excluding hydrogens is 336 g/mol. The molecule has 0 aromatic rings. The zero-order valence-electron chi connectivity index (χ0n) is 15.9. The van der Waals surface area contributed by atoms with E-state index in [-0.39, 0.29) is 12.0 Å². The molecule has 7 atom stereocenters. The summed E-state index contributed by atoms with van der Waals surface area (Å²) in [4.78, 5) is 24.5. The molecule has 3 rings (SSSR count). The molecule has 0 aromatic heterocycles. The fourth-order valence-corrected chi connectivity index (χ4v) is 4.04. The van der Waals surface area contributed by atoms with Crippen LogP contribution in [0.3, 0.4) is 0 Å². The van der Waals surface area contributed by atoms with Gasteiger partial charge in [-0.05, 0) is 33.1 Å². The van der Waals surface area contributed by atoms with Crippen molar-refractivity contribution in [3.05, 3.63) is 23.8 Å². The molecule has 144 valence electrons. The lowest BCUT2D eigenvalue weighted by Crippen LogP contribution is -2.40. The van der Waals surface area contributed by atoms with Crippen molar-refractivity contribution in [1.82, 2.24) is 0 Å². The minimum atomic E-state index is -0.557. The molecular formula is C20H28O6. The molecule has 0 bridgehead atoms. The summed E-state index contributed by atoms with van der Waals surface area (Å²) >= 11 is 0. The summed E-state index contributed by atoms with van der Waals surface area (Å²) in [6, 6.07) is 0. The molecule has 2 heterocycles. The lowest BCUT2D eigenvalue weighted by atomic mass is 9.78. The monoisotopic (exact) mass is 364 g/mol. The second kappa shape index (κ2) is 6.82. The zero-order valence-corrected chi connectivity index (χ0v) is 15.9. The van der Waals surface area contributed by atoms with Crippen LogP contribution < -0.4 is 0 Å². The number of esters is 2. The predicted octanol–water partition coefficient (Wildman–Crippen LogP) is 2.30. The topological polar surface area (TPSA) is 85.4 Å². The van der Waals surface area contributed by atoms with Crippen molar-refractivity contribution in [3.63, 3.8) is 0 Å². The molecule has 3 aliphatic rings. The quantitative estimate of drug-likeness (QED) is 0.460. The molecule has 6 heteroatoms. The Morgan fingerprint density at radius 1 is 1.42 bits per heavy atom. The summed E-state index contributed by atoms with van der Waals surface area (Å²) < 4.78 is 17.1. The molecule has 1 saturated carbocycles. The zero-order chi connectivity index (χ0) is 19.2. The smallest absolute Gasteiger partial charge is 0.334 e. The summed E-state index contributed by atoms with van der Waals surface area (Å²) in [7, 11) is 0. The Balaban J connectivity index is 1.92. The predicted molar refractivity (Wildman–Crippen MR) is 94.1 cm³/mol. The van der Waals surface area contributed by atoms with Gasteiger partial charge in [0.15, 0.2) is 0 Å². The standard InChI is InChI=1S/C20H28O6/c1-6-10(2)18(22)25-15-9-20(5)16(26-20)8-13(21)11(3)7-14-17(15)12(4)19(23)24-14/h6,11,13-17,21H,4,7-9H2,1-3,5H3. The first-order valence-electron chi connectivity index (χ1n) is 9.26. The van der Waals surface area contributed by atoms with Gasteiger partial charge < -0.3 is 19.3 Å². The van der Waals surface area contributed by atoms with Gasteiger partial charge in [-0.2, -0.15) is 0 Å². The number of carbonyl (C=O) groups is 2. The highest BCUT2D eigenvalue weighted by Gasteiger charge is 2.58. The first kappa shape index (κ1) is 19.1. The van der Waals surface area contributed by atoms with Crippen LogP contribution >= 0.6 is 0 Å². The number of hydrogen-bond acceptors (Lipinski definition) is 6. The number of rotatable bonds is 2. The molecule has 7 unspecified atom stereocenters. The van der Waals surface area contributed by atoms with E-state index in [9.17, 15) is 14.7 Å². The van der Waals surface area contributed by atoms with Gasteiger partial charge in [-0.15, -0.1) is 0 Å². The van der Waals surface area contributed by atoms with Gasteiger partial charge in [0.25, 0.3) is 0 Å². The molecule has 0 aromatic carbocycles. The van der Waals surface area contributed by atoms with Crippen molar-refractivity contribution in [3.8, 4) is 0 Å². The SMILES string of the molecule is C=C1C(=O)OC2CC(C)C(O)CC3OC3(C)CC(OC(=O)C(C)=CC)C12. The van der Waals surface area contributed by atoms with E-state index in [4.69, 9.17) is 14.2 Å². The number of epoxide rings is 1. The van der Waals surface area contributed by atoms with Crippen LogP contribution in [0.5, 0.6) is 0 Å². The molecule has 0 radical (unpaired) electrons. The van der Waals surface area contributed by atoms with E-state index in [2.05, 4.69) is 6.58 Å². The Bertz CT molecular complexity index is 653. The van der Waals surface area contributed by atoms with Crippen LogP contribution in [0.4, 0.5) is 0 Å². The van der Waals surface area contributed by atoms with Crippen molar-refractivity contribution < 1.29 is 28.9 Å². The Kier molecular flexibility index (Phi) is 5.01. The number of aliphatic hydroxyl groups excluding tert-OH is 1. The maximum absolute atomic E-state index is 12.4. The van der Waals surface area contributed by atoms with E-state index in [0.717, 1.165) is 0 Å². The van der Waals surface area contributed by atoms with Gasteiger partial charge in [-0.25, -0.2) is 9.59 Å². The fourth-order valence-electron chi connectivity index (χ4n) is 4.04. The van der Waals surface area contributed by atoms with Crippen molar-refractivity contribution in [2.75, 3.05) is 0 Å². The van der Waals surface area contributed by atoms with Crippen molar-refractivity contribution >= 4 is 11.9 Å². The number of carbonyl (C=O) groups excluding carboxylic acids is 2. The van der Waals surface area contributed by atoms with E-state index in [1.54, 1.807) is 19.9 Å². The van der Waals surface area contributed by atoms with Crippen LogP contribution in [-0.2, 0) is 23.8 Å². The molecule has 2 aliphatic heterocycles. The first-order valence-corrected chi connectivity index (χ1v) is 9.26. The van der Waals surface area contributed by atoms with Gasteiger partial charge in [0, 0.05) is 24.0 Å². The second-order valence-corrected chi connectivity index (χ2v) is 8.05. The number of aliphatic hydroxyl groups is 1. The molecule has 3 fully saturated rings. The fraction of sp³-hybridized carbons (Fsp3) is 0.700. The van der Waals surface area contributed by atoms with Gasteiger partial charge >= 0.3 is 11.9 Å². The summed E-state index contributed by atoms with van der Waals surface area (Å²) in [6.07, 6.45) is 1.54. The summed E-state index contributed by atoms with van der Waals surface area (Å²) in [5.74, 6) is -1.36. The maximum atomic E-state index is 12.4. The van der Waals surface area contributed by atoms with Crippen LogP contribution in [-0.4, -0.2) is 47.1 Å². The first-order chi connectivity index (χ1) is 12.2. The molecule has 0 spiro atoms. The lowest BCUT2D eigenvalue weighted by Gasteiger charge is -2.31. The summed E-state index contributed by atoms with van der Waals surface area (Å²) in [5.41, 5.74) is 0.356. The Morgan fingerprint density at radius 3 is 2.77 bits per heavy atom. The van der Waals surface area contributed by atoms with Crippen LogP contribution in [0.2, 0.25) is 0 Å². The Hall–Kier alpha value is -1.66. The van der Waals surface area contributed by atoms with Crippen LogP contribution in [0, 0.1) is 11.8 Å². The highest BCUT2D eigenvalue weighted by Crippen LogP contribution is 2.48. The second-order valence-electron chi connectivity index (χ2n) is 8.05. The van der Waals surface area contributed by atoms with Gasteiger partial charge in [-0.1, -0.05) is 19.6 Å². The number of fused-ring (bicyclic) bond motifs is 2. The van der Waals surface area contributed by atoms with Crippen molar-refractivity contribution in [2.45, 2.75) is 77.0 Å². The van der Waals surface area contributed by atoms with Gasteiger partial charge in [0.1, 0.15) is 12.2 Å². The Labute approximate surface area is 154 Å². The van der Waals surface area contributed by atoms with E-state index < -0.39 is 41.8 Å². The third-order valence-corrected chi connectivity index (χ3v) is 6.10. The van der Waals surface area contributed by atoms with Gasteiger partial charge in [0.2, 0.25) is 0 Å². The van der Waals surface area contributed by atoms with E-state index in [1.165, 1.54) is 0 Å². The molecule has 0 amide bonds. The van der Waals surface area contributed by atoms with E-state index in [0.29, 0.717) is 30.4 Å². The minimum absolute atomic E-state index is 0.0682. The lowest BCUT2D eigenvalue weighted by molar-refractivity contribution is -0.149. The molecule has 26 heavy (non-hydrogen) atoms.